The molecule has 0 saturated carbocycles. The molecular weight excluding hydrogens is 346 g/mol. The van der Waals surface area contributed by atoms with Gasteiger partial charge in [0.1, 0.15) is 6.54 Å². The zero-order valence-electron chi connectivity index (χ0n) is 14.6. The molecule has 2 rings (SSSR count). The summed E-state index contributed by atoms with van der Waals surface area (Å²) in [5.41, 5.74) is 0.583. The predicted molar refractivity (Wildman–Crippen MR) is 94.9 cm³/mol. The molecule has 0 bridgehead atoms. The molecule has 25 heavy (non-hydrogen) atoms. The molecule has 0 spiro atoms. The number of carbonyl (C=O) groups excluding carboxylic acids is 3. The second-order valence-electron chi connectivity index (χ2n) is 5.95. The summed E-state index contributed by atoms with van der Waals surface area (Å²) in [6.45, 7) is 4.07. The maximum atomic E-state index is 12.6. The molecule has 0 unspecified atom stereocenters. The third-order valence-corrected chi connectivity index (χ3v) is 4.51. The molecule has 1 aromatic carbocycles. The zero-order valence-corrected chi connectivity index (χ0v) is 15.4. The summed E-state index contributed by atoms with van der Waals surface area (Å²) in [6, 6.07) is 4.49. The topological polar surface area (TPSA) is 70.2 Å². The fraction of sp³-hybridized carbons (Fsp3) is 0.471. The van der Waals surface area contributed by atoms with E-state index < -0.39 is 5.97 Å². The maximum Gasteiger partial charge on any atom is 0.337 e. The van der Waals surface area contributed by atoms with E-state index in [1.807, 2.05) is 7.05 Å². The van der Waals surface area contributed by atoms with E-state index in [-0.39, 0.29) is 28.9 Å². The lowest BCUT2D eigenvalue weighted by atomic mass is 10.1. The van der Waals surface area contributed by atoms with E-state index in [9.17, 15) is 14.4 Å². The summed E-state index contributed by atoms with van der Waals surface area (Å²) in [4.78, 5) is 41.5. The molecule has 0 N–H and O–H groups in total. The average Bonchev–Trinajstić information content (AvgIpc) is 2.59. The summed E-state index contributed by atoms with van der Waals surface area (Å²) in [6.07, 6.45) is 0. The molecule has 1 aliphatic rings. The number of benzene rings is 1. The number of amides is 2. The van der Waals surface area contributed by atoms with Crippen molar-refractivity contribution in [3.8, 4) is 0 Å². The highest BCUT2D eigenvalue weighted by Gasteiger charge is 2.25. The number of ether oxygens (including phenoxy) is 1. The van der Waals surface area contributed by atoms with Crippen LogP contribution in [0.2, 0.25) is 5.02 Å². The number of halogens is 1. The smallest absolute Gasteiger partial charge is 0.337 e. The molecular formula is C17H22ClN3O4. The van der Waals surface area contributed by atoms with Crippen LogP contribution in [0.15, 0.2) is 18.2 Å². The first-order valence-corrected chi connectivity index (χ1v) is 8.33. The molecule has 1 aromatic rings. The van der Waals surface area contributed by atoms with Crippen LogP contribution in [0, 0.1) is 0 Å². The van der Waals surface area contributed by atoms with Gasteiger partial charge in [0.15, 0.2) is 0 Å². The highest BCUT2D eigenvalue weighted by Crippen LogP contribution is 2.28. The van der Waals surface area contributed by atoms with Crippen LogP contribution in [-0.4, -0.2) is 74.5 Å². The van der Waals surface area contributed by atoms with Crippen molar-refractivity contribution in [2.24, 2.45) is 0 Å². The molecule has 1 fully saturated rings. The third-order valence-electron chi connectivity index (χ3n) is 4.19. The minimum absolute atomic E-state index is 0.122. The van der Waals surface area contributed by atoms with Crippen molar-refractivity contribution >= 4 is 35.1 Å². The second-order valence-corrected chi connectivity index (χ2v) is 6.35. The molecule has 0 radical (unpaired) electrons. The first-order valence-electron chi connectivity index (χ1n) is 7.95. The quantitative estimate of drug-likeness (QED) is 0.749. The van der Waals surface area contributed by atoms with Gasteiger partial charge in [-0.25, -0.2) is 4.79 Å². The highest BCUT2D eigenvalue weighted by molar-refractivity contribution is 6.34. The van der Waals surface area contributed by atoms with E-state index in [0.717, 1.165) is 13.1 Å². The van der Waals surface area contributed by atoms with Crippen molar-refractivity contribution in [2.45, 2.75) is 6.92 Å². The van der Waals surface area contributed by atoms with Gasteiger partial charge in [0.05, 0.1) is 23.4 Å². The van der Waals surface area contributed by atoms with Gasteiger partial charge in [0.2, 0.25) is 11.8 Å². The van der Waals surface area contributed by atoms with Crippen LogP contribution in [0.5, 0.6) is 0 Å². The number of hydrogen-bond donors (Lipinski definition) is 0. The predicted octanol–water partition coefficient (Wildman–Crippen LogP) is 1.25. The maximum absolute atomic E-state index is 12.6. The second kappa shape index (κ2) is 8.31. The van der Waals surface area contributed by atoms with Crippen molar-refractivity contribution in [1.82, 2.24) is 9.80 Å². The van der Waals surface area contributed by atoms with Crippen molar-refractivity contribution in [1.29, 1.82) is 0 Å². The lowest BCUT2D eigenvalue weighted by Gasteiger charge is -2.34. The molecule has 1 aliphatic heterocycles. The summed E-state index contributed by atoms with van der Waals surface area (Å²) in [5.74, 6) is -1.01. The van der Waals surface area contributed by atoms with E-state index in [4.69, 9.17) is 16.3 Å². The number of anilines is 1. The molecule has 8 heteroatoms. The van der Waals surface area contributed by atoms with Crippen molar-refractivity contribution in [3.63, 3.8) is 0 Å². The fourth-order valence-corrected chi connectivity index (χ4v) is 2.84. The monoisotopic (exact) mass is 367 g/mol. The van der Waals surface area contributed by atoms with Crippen molar-refractivity contribution in [3.05, 3.63) is 28.8 Å². The minimum atomic E-state index is -0.535. The first kappa shape index (κ1) is 19.2. The van der Waals surface area contributed by atoms with Gasteiger partial charge in [0, 0.05) is 33.1 Å². The lowest BCUT2D eigenvalue weighted by Crippen LogP contribution is -2.50. The van der Waals surface area contributed by atoms with Crippen molar-refractivity contribution in [2.75, 3.05) is 51.8 Å². The number of piperazine rings is 1. The van der Waals surface area contributed by atoms with E-state index in [1.165, 1.54) is 37.1 Å². The van der Waals surface area contributed by atoms with Gasteiger partial charge in [-0.1, -0.05) is 11.6 Å². The van der Waals surface area contributed by atoms with Gasteiger partial charge in [-0.3, -0.25) is 9.59 Å². The molecule has 1 saturated heterocycles. The Balaban J connectivity index is 2.22. The Morgan fingerprint density at radius 3 is 2.40 bits per heavy atom. The van der Waals surface area contributed by atoms with E-state index in [0.29, 0.717) is 18.8 Å². The molecule has 0 aromatic heterocycles. The molecule has 2 amide bonds. The summed E-state index contributed by atoms with van der Waals surface area (Å²) < 4.78 is 4.69. The molecule has 1 heterocycles. The van der Waals surface area contributed by atoms with Crippen LogP contribution >= 0.6 is 11.6 Å². The van der Waals surface area contributed by atoms with Crippen LogP contribution in [0.25, 0.3) is 0 Å². The molecule has 0 atom stereocenters. The van der Waals surface area contributed by atoms with Gasteiger partial charge in [-0.15, -0.1) is 0 Å². The third kappa shape index (κ3) is 4.70. The molecule has 136 valence electrons. The zero-order chi connectivity index (χ0) is 18.6. The van der Waals surface area contributed by atoms with E-state index in [1.54, 1.807) is 4.90 Å². The van der Waals surface area contributed by atoms with E-state index in [2.05, 4.69) is 4.90 Å². The number of carbonyl (C=O) groups is 3. The van der Waals surface area contributed by atoms with Gasteiger partial charge < -0.3 is 19.4 Å². The average molecular weight is 368 g/mol. The Hall–Kier alpha value is -2.12. The Labute approximate surface area is 152 Å². The molecule has 0 aliphatic carbocycles. The summed E-state index contributed by atoms with van der Waals surface area (Å²) >= 11 is 6.19. The lowest BCUT2D eigenvalue weighted by molar-refractivity contribution is -0.132. The van der Waals surface area contributed by atoms with Crippen LogP contribution in [-0.2, 0) is 14.3 Å². The van der Waals surface area contributed by atoms with Crippen LogP contribution in [0.3, 0.4) is 0 Å². The Morgan fingerprint density at radius 1 is 1.20 bits per heavy atom. The van der Waals surface area contributed by atoms with Crippen molar-refractivity contribution < 1.29 is 19.1 Å². The number of hydrogen-bond acceptors (Lipinski definition) is 5. The molecule has 7 nitrogen and oxygen atoms in total. The van der Waals surface area contributed by atoms with Gasteiger partial charge in [-0.05, 0) is 25.2 Å². The number of methoxy groups -OCH3 is 1. The number of likely N-dealkylation sites (N-methyl/N-ethyl adjacent to an activating group) is 1. The number of nitrogens with zero attached hydrogens (tertiary/aromatic N) is 3. The van der Waals surface area contributed by atoms with E-state index >= 15 is 0 Å². The highest BCUT2D eigenvalue weighted by atomic mass is 35.5. The van der Waals surface area contributed by atoms with Gasteiger partial charge >= 0.3 is 5.97 Å². The minimum Gasteiger partial charge on any atom is -0.465 e. The summed E-state index contributed by atoms with van der Waals surface area (Å²) in [7, 11) is 3.28. The Kier molecular flexibility index (Phi) is 6.39. The largest absolute Gasteiger partial charge is 0.465 e. The Bertz CT molecular complexity index is 672. The number of rotatable bonds is 4. The van der Waals surface area contributed by atoms with Gasteiger partial charge in [0.25, 0.3) is 0 Å². The SMILES string of the molecule is COC(=O)c1ccc(Cl)c(N(CC(=O)N2CCN(C)CC2)C(C)=O)c1. The first-order chi connectivity index (χ1) is 11.8. The normalized spacial score (nSPS) is 15.0. The summed E-state index contributed by atoms with van der Waals surface area (Å²) in [5, 5.41) is 0.286. The van der Waals surface area contributed by atoms with Gasteiger partial charge in [-0.2, -0.15) is 0 Å². The fourth-order valence-electron chi connectivity index (χ4n) is 2.62. The Morgan fingerprint density at radius 2 is 1.84 bits per heavy atom. The van der Waals surface area contributed by atoms with Crippen LogP contribution in [0.4, 0.5) is 5.69 Å². The van der Waals surface area contributed by atoms with Crippen LogP contribution < -0.4 is 4.90 Å². The standard InChI is InChI=1S/C17H22ClN3O4/c1-12(22)21(11-16(23)20-8-6-19(2)7-9-20)15-10-13(17(24)25-3)4-5-14(15)18/h4-5,10H,6-9,11H2,1-3H3. The number of esters is 1. The van der Waals surface area contributed by atoms with Crippen LogP contribution in [0.1, 0.15) is 17.3 Å².